The first kappa shape index (κ1) is 13.1. The van der Waals surface area contributed by atoms with Gasteiger partial charge in [-0.05, 0) is 31.0 Å². The van der Waals surface area contributed by atoms with Crippen molar-refractivity contribution in [2.24, 2.45) is 0 Å². The Kier molecular flexibility index (Phi) is 5.09. The van der Waals surface area contributed by atoms with Gasteiger partial charge in [-0.15, -0.1) is 6.42 Å². The van der Waals surface area contributed by atoms with Gasteiger partial charge in [-0.25, -0.2) is 0 Å². The quantitative estimate of drug-likeness (QED) is 0.784. The zero-order valence-electron chi connectivity index (χ0n) is 10.2. The van der Waals surface area contributed by atoms with Crippen molar-refractivity contribution in [1.29, 1.82) is 0 Å². The van der Waals surface area contributed by atoms with Crippen molar-refractivity contribution >= 4 is 5.91 Å². The van der Waals surface area contributed by atoms with Crippen LogP contribution >= 0.6 is 0 Å². The van der Waals surface area contributed by atoms with E-state index in [1.54, 1.807) is 14.0 Å². The van der Waals surface area contributed by atoms with Crippen molar-refractivity contribution in [2.45, 2.75) is 25.8 Å². The van der Waals surface area contributed by atoms with Gasteiger partial charge in [0, 0.05) is 6.42 Å². The van der Waals surface area contributed by atoms with Crippen LogP contribution < -0.4 is 10.1 Å². The summed E-state index contributed by atoms with van der Waals surface area (Å²) in [5.74, 6) is 3.26. The second kappa shape index (κ2) is 6.59. The molecule has 0 aliphatic heterocycles. The molecule has 1 atom stereocenters. The van der Waals surface area contributed by atoms with E-state index in [4.69, 9.17) is 11.2 Å². The second-order valence-corrected chi connectivity index (χ2v) is 3.80. The molecule has 1 aromatic carbocycles. The fraction of sp³-hybridized carbons (Fsp3) is 0.357. The fourth-order valence-electron chi connectivity index (χ4n) is 1.41. The van der Waals surface area contributed by atoms with Crippen LogP contribution in [0.15, 0.2) is 24.3 Å². The molecule has 1 unspecified atom stereocenters. The van der Waals surface area contributed by atoms with Gasteiger partial charge < -0.3 is 10.1 Å². The molecule has 3 heteroatoms. The molecule has 90 valence electrons. The van der Waals surface area contributed by atoms with E-state index in [0.29, 0.717) is 12.8 Å². The standard InChI is InChI=1S/C14H17NO2/c1-4-11(2)15-14(16)10-7-12-5-8-13(17-3)9-6-12/h1,5-6,8-9,11H,7,10H2,2-3H3,(H,15,16). The number of rotatable bonds is 5. The van der Waals surface area contributed by atoms with Crippen LogP contribution in [-0.2, 0) is 11.2 Å². The molecule has 17 heavy (non-hydrogen) atoms. The van der Waals surface area contributed by atoms with Gasteiger partial charge in [0.1, 0.15) is 5.75 Å². The summed E-state index contributed by atoms with van der Waals surface area (Å²) in [4.78, 5) is 11.5. The Hall–Kier alpha value is -1.95. The Morgan fingerprint density at radius 2 is 2.12 bits per heavy atom. The zero-order valence-corrected chi connectivity index (χ0v) is 10.2. The smallest absolute Gasteiger partial charge is 0.221 e. The summed E-state index contributed by atoms with van der Waals surface area (Å²) in [6.45, 7) is 1.78. The van der Waals surface area contributed by atoms with E-state index >= 15 is 0 Å². The normalized spacial score (nSPS) is 11.4. The van der Waals surface area contributed by atoms with Crippen LogP contribution in [0.1, 0.15) is 18.9 Å². The van der Waals surface area contributed by atoms with Gasteiger partial charge in [0.05, 0.1) is 13.2 Å². The SMILES string of the molecule is C#CC(C)NC(=O)CCc1ccc(OC)cc1. The Bertz CT molecular complexity index is 403. The molecule has 0 radical (unpaired) electrons. The van der Waals surface area contributed by atoms with E-state index in [2.05, 4.69) is 11.2 Å². The lowest BCUT2D eigenvalue weighted by atomic mass is 10.1. The molecule has 0 aliphatic rings. The molecule has 1 N–H and O–H groups in total. The van der Waals surface area contributed by atoms with Gasteiger partial charge >= 0.3 is 0 Å². The van der Waals surface area contributed by atoms with E-state index in [0.717, 1.165) is 11.3 Å². The molecular weight excluding hydrogens is 214 g/mol. The molecule has 1 aromatic rings. The van der Waals surface area contributed by atoms with E-state index < -0.39 is 0 Å². The van der Waals surface area contributed by atoms with Crippen molar-refractivity contribution in [3.05, 3.63) is 29.8 Å². The third-order valence-corrected chi connectivity index (χ3v) is 2.43. The third-order valence-electron chi connectivity index (χ3n) is 2.43. The Morgan fingerprint density at radius 1 is 1.47 bits per heavy atom. The molecule has 0 heterocycles. The number of carbonyl (C=O) groups excluding carboxylic acids is 1. The highest BCUT2D eigenvalue weighted by molar-refractivity contribution is 5.76. The van der Waals surface area contributed by atoms with Crippen LogP contribution in [-0.4, -0.2) is 19.1 Å². The maximum atomic E-state index is 11.5. The summed E-state index contributed by atoms with van der Waals surface area (Å²) >= 11 is 0. The second-order valence-electron chi connectivity index (χ2n) is 3.80. The number of methoxy groups -OCH3 is 1. The van der Waals surface area contributed by atoms with Crippen LogP contribution in [0.5, 0.6) is 5.75 Å². The number of hydrogen-bond donors (Lipinski definition) is 1. The predicted octanol–water partition coefficient (Wildman–Crippen LogP) is 1.77. The zero-order chi connectivity index (χ0) is 12.7. The molecule has 0 saturated heterocycles. The third kappa shape index (κ3) is 4.60. The Balaban J connectivity index is 2.40. The van der Waals surface area contributed by atoms with Crippen molar-refractivity contribution < 1.29 is 9.53 Å². The monoisotopic (exact) mass is 231 g/mol. The number of hydrogen-bond acceptors (Lipinski definition) is 2. The average Bonchev–Trinajstić information content (AvgIpc) is 2.36. The molecule has 3 nitrogen and oxygen atoms in total. The minimum absolute atomic E-state index is 0.0220. The van der Waals surface area contributed by atoms with E-state index in [9.17, 15) is 4.79 Å². The van der Waals surface area contributed by atoms with Gasteiger partial charge in [-0.1, -0.05) is 18.1 Å². The highest BCUT2D eigenvalue weighted by Crippen LogP contribution is 2.12. The first-order valence-corrected chi connectivity index (χ1v) is 5.54. The number of ether oxygens (including phenoxy) is 1. The maximum Gasteiger partial charge on any atom is 0.221 e. The Labute approximate surface area is 102 Å². The first-order valence-electron chi connectivity index (χ1n) is 5.54. The van der Waals surface area contributed by atoms with Crippen LogP contribution in [0.3, 0.4) is 0 Å². The number of carbonyl (C=O) groups is 1. The molecule has 0 saturated carbocycles. The lowest BCUT2D eigenvalue weighted by molar-refractivity contribution is -0.121. The van der Waals surface area contributed by atoms with E-state index in [-0.39, 0.29) is 11.9 Å². The highest BCUT2D eigenvalue weighted by Gasteiger charge is 2.04. The first-order chi connectivity index (χ1) is 8.15. The lowest BCUT2D eigenvalue weighted by Gasteiger charge is -2.07. The lowest BCUT2D eigenvalue weighted by Crippen LogP contribution is -2.31. The van der Waals surface area contributed by atoms with E-state index in [1.165, 1.54) is 0 Å². The van der Waals surface area contributed by atoms with E-state index in [1.807, 2.05) is 24.3 Å². The van der Waals surface area contributed by atoms with Crippen LogP contribution in [0.2, 0.25) is 0 Å². The molecule has 1 rings (SSSR count). The van der Waals surface area contributed by atoms with Gasteiger partial charge in [0.2, 0.25) is 5.91 Å². The highest BCUT2D eigenvalue weighted by atomic mass is 16.5. The largest absolute Gasteiger partial charge is 0.497 e. The molecule has 1 amide bonds. The number of amides is 1. The minimum atomic E-state index is -0.210. The summed E-state index contributed by atoms with van der Waals surface area (Å²) < 4.78 is 5.06. The summed E-state index contributed by atoms with van der Waals surface area (Å²) in [5.41, 5.74) is 1.11. The molecule has 0 fully saturated rings. The molecule has 0 bridgehead atoms. The van der Waals surface area contributed by atoms with Gasteiger partial charge in [-0.2, -0.15) is 0 Å². The predicted molar refractivity (Wildman–Crippen MR) is 67.8 cm³/mol. The molecule has 0 spiro atoms. The summed E-state index contributed by atoms with van der Waals surface area (Å²) in [6, 6.07) is 7.47. The summed E-state index contributed by atoms with van der Waals surface area (Å²) in [5, 5.41) is 2.72. The van der Waals surface area contributed by atoms with Crippen LogP contribution in [0.25, 0.3) is 0 Å². The topological polar surface area (TPSA) is 38.3 Å². The molecule has 0 aliphatic carbocycles. The number of terminal acetylenes is 1. The van der Waals surface area contributed by atoms with Gasteiger partial charge in [-0.3, -0.25) is 4.79 Å². The van der Waals surface area contributed by atoms with Crippen molar-refractivity contribution in [2.75, 3.05) is 7.11 Å². The molecule has 0 aromatic heterocycles. The van der Waals surface area contributed by atoms with Crippen LogP contribution in [0.4, 0.5) is 0 Å². The summed E-state index contributed by atoms with van der Waals surface area (Å²) in [6.07, 6.45) is 6.33. The number of benzene rings is 1. The number of nitrogens with one attached hydrogen (secondary N) is 1. The fourth-order valence-corrected chi connectivity index (χ4v) is 1.41. The summed E-state index contributed by atoms with van der Waals surface area (Å²) in [7, 11) is 1.63. The van der Waals surface area contributed by atoms with Gasteiger partial charge in [0.25, 0.3) is 0 Å². The number of aryl methyl sites for hydroxylation is 1. The molecular formula is C14H17NO2. The van der Waals surface area contributed by atoms with Crippen molar-refractivity contribution in [3.8, 4) is 18.1 Å². The van der Waals surface area contributed by atoms with Gasteiger partial charge in [0.15, 0.2) is 0 Å². The van der Waals surface area contributed by atoms with Crippen LogP contribution in [0, 0.1) is 12.3 Å². The minimum Gasteiger partial charge on any atom is -0.497 e. The van der Waals surface area contributed by atoms with Crippen molar-refractivity contribution in [1.82, 2.24) is 5.32 Å². The Morgan fingerprint density at radius 3 is 2.65 bits per heavy atom. The maximum absolute atomic E-state index is 11.5. The average molecular weight is 231 g/mol. The van der Waals surface area contributed by atoms with Crippen molar-refractivity contribution in [3.63, 3.8) is 0 Å².